The van der Waals surface area contributed by atoms with Crippen LogP contribution in [-0.4, -0.2) is 45.2 Å². The van der Waals surface area contributed by atoms with Crippen LogP contribution in [0.1, 0.15) is 30.9 Å². The average Bonchev–Trinajstić information content (AvgIpc) is 2.53. The van der Waals surface area contributed by atoms with Crippen molar-refractivity contribution in [3.8, 4) is 11.5 Å². The zero-order valence-corrected chi connectivity index (χ0v) is 13.0. The highest BCUT2D eigenvalue weighted by Gasteiger charge is 2.23. The van der Waals surface area contributed by atoms with E-state index in [1.54, 1.807) is 14.2 Å². The number of piperidine rings is 1. The van der Waals surface area contributed by atoms with E-state index in [9.17, 15) is 4.79 Å². The molecule has 0 radical (unpaired) electrons. The van der Waals surface area contributed by atoms with Gasteiger partial charge in [-0.25, -0.2) is 0 Å². The summed E-state index contributed by atoms with van der Waals surface area (Å²) in [4.78, 5) is 13.9. The van der Waals surface area contributed by atoms with Crippen molar-refractivity contribution in [1.29, 1.82) is 0 Å². The third kappa shape index (κ3) is 3.67. The summed E-state index contributed by atoms with van der Waals surface area (Å²) >= 11 is 0. The number of hydrogen-bond acceptors (Lipinski definition) is 4. The number of likely N-dealkylation sites (N-methyl/N-ethyl adjacent to an activating group) is 1. The minimum atomic E-state index is 0.0490. The van der Waals surface area contributed by atoms with E-state index in [1.165, 1.54) is 0 Å². The van der Waals surface area contributed by atoms with Gasteiger partial charge in [-0.3, -0.25) is 4.79 Å². The first kappa shape index (κ1) is 15.6. The van der Waals surface area contributed by atoms with Crippen molar-refractivity contribution in [1.82, 2.24) is 10.2 Å². The molecule has 1 aromatic carbocycles. The Morgan fingerprint density at radius 2 is 2.10 bits per heavy atom. The first-order chi connectivity index (χ1) is 10.2. The molecule has 5 heteroatoms. The fraction of sp³-hybridized carbons (Fsp3) is 0.562. The molecule has 1 amide bonds. The smallest absolute Gasteiger partial charge is 0.222 e. The lowest BCUT2D eigenvalue weighted by Crippen LogP contribution is -2.41. The number of rotatable bonds is 6. The molecule has 1 fully saturated rings. The molecule has 1 atom stereocenters. The highest BCUT2D eigenvalue weighted by Crippen LogP contribution is 2.30. The molecule has 1 N–H and O–H groups in total. The van der Waals surface area contributed by atoms with E-state index < -0.39 is 0 Å². The summed E-state index contributed by atoms with van der Waals surface area (Å²) in [7, 11) is 5.19. The molecule has 1 heterocycles. The lowest BCUT2D eigenvalue weighted by Gasteiger charge is -2.31. The lowest BCUT2D eigenvalue weighted by molar-refractivity contribution is -0.133. The van der Waals surface area contributed by atoms with E-state index in [0.29, 0.717) is 13.0 Å². The van der Waals surface area contributed by atoms with Crippen LogP contribution in [0.3, 0.4) is 0 Å². The molecule has 1 aromatic rings. The second kappa shape index (κ2) is 7.31. The van der Waals surface area contributed by atoms with Gasteiger partial charge in [0.05, 0.1) is 20.3 Å². The first-order valence-corrected chi connectivity index (χ1v) is 7.36. The van der Waals surface area contributed by atoms with Gasteiger partial charge in [0.2, 0.25) is 5.91 Å². The van der Waals surface area contributed by atoms with Crippen LogP contribution in [0.2, 0.25) is 0 Å². The van der Waals surface area contributed by atoms with Gasteiger partial charge in [0, 0.05) is 31.1 Å². The Morgan fingerprint density at radius 3 is 2.71 bits per heavy atom. The van der Waals surface area contributed by atoms with Crippen LogP contribution in [0.25, 0.3) is 0 Å². The third-order valence-electron chi connectivity index (χ3n) is 3.99. The Labute approximate surface area is 126 Å². The summed E-state index contributed by atoms with van der Waals surface area (Å²) < 4.78 is 10.7. The molecule has 0 bridgehead atoms. The number of hydrogen-bond donors (Lipinski definition) is 1. The number of amides is 1. The summed E-state index contributed by atoms with van der Waals surface area (Å²) in [6.45, 7) is 1.51. The van der Waals surface area contributed by atoms with E-state index in [4.69, 9.17) is 9.47 Å². The summed E-state index contributed by atoms with van der Waals surface area (Å²) in [5.41, 5.74) is 1.04. The van der Waals surface area contributed by atoms with Crippen LogP contribution < -0.4 is 14.8 Å². The normalized spacial score (nSPS) is 16.7. The molecule has 0 aliphatic carbocycles. The largest absolute Gasteiger partial charge is 0.497 e. The molecule has 0 aromatic heterocycles. The van der Waals surface area contributed by atoms with E-state index in [-0.39, 0.29) is 11.9 Å². The molecule has 0 spiro atoms. The van der Waals surface area contributed by atoms with Crippen molar-refractivity contribution < 1.29 is 14.3 Å². The van der Waals surface area contributed by atoms with Crippen molar-refractivity contribution in [2.75, 3.05) is 34.4 Å². The second-order valence-corrected chi connectivity index (χ2v) is 5.25. The number of benzene rings is 1. The zero-order valence-electron chi connectivity index (χ0n) is 13.0. The van der Waals surface area contributed by atoms with Crippen LogP contribution in [0.15, 0.2) is 18.2 Å². The SMILES string of the molecule is CNC(CN1CCCCC1=O)c1ccc(OC)cc1OC. The Morgan fingerprint density at radius 1 is 1.29 bits per heavy atom. The van der Waals surface area contributed by atoms with Gasteiger partial charge in [-0.05, 0) is 32.0 Å². The maximum atomic E-state index is 12.0. The zero-order chi connectivity index (χ0) is 15.2. The molecule has 0 saturated carbocycles. The van der Waals surface area contributed by atoms with Gasteiger partial charge in [-0.15, -0.1) is 0 Å². The van der Waals surface area contributed by atoms with Gasteiger partial charge in [-0.1, -0.05) is 0 Å². The third-order valence-corrected chi connectivity index (χ3v) is 3.99. The number of likely N-dealkylation sites (tertiary alicyclic amines) is 1. The van der Waals surface area contributed by atoms with Crippen LogP contribution in [0.5, 0.6) is 11.5 Å². The van der Waals surface area contributed by atoms with Crippen LogP contribution in [0.4, 0.5) is 0 Å². The van der Waals surface area contributed by atoms with Crippen molar-refractivity contribution in [2.24, 2.45) is 0 Å². The predicted molar refractivity (Wildman–Crippen MR) is 81.8 cm³/mol. The van der Waals surface area contributed by atoms with Gasteiger partial charge in [-0.2, -0.15) is 0 Å². The fourth-order valence-corrected chi connectivity index (χ4v) is 2.73. The molecule has 1 unspecified atom stereocenters. The van der Waals surface area contributed by atoms with Gasteiger partial charge in [0.15, 0.2) is 0 Å². The van der Waals surface area contributed by atoms with Crippen LogP contribution in [0, 0.1) is 0 Å². The summed E-state index contributed by atoms with van der Waals surface area (Å²) in [5, 5.41) is 3.28. The van der Waals surface area contributed by atoms with Crippen molar-refractivity contribution in [3.63, 3.8) is 0 Å². The Bertz CT molecular complexity index is 490. The number of nitrogens with one attached hydrogen (secondary N) is 1. The molecule has 2 rings (SSSR count). The van der Waals surface area contributed by atoms with Gasteiger partial charge in [0.25, 0.3) is 0 Å². The van der Waals surface area contributed by atoms with E-state index in [0.717, 1.165) is 36.4 Å². The highest BCUT2D eigenvalue weighted by atomic mass is 16.5. The standard InChI is InChI=1S/C16H24N2O3/c1-17-14(11-18-9-5-4-6-16(18)19)13-8-7-12(20-2)10-15(13)21-3/h7-8,10,14,17H,4-6,9,11H2,1-3H3. The molecule has 21 heavy (non-hydrogen) atoms. The quantitative estimate of drug-likeness (QED) is 0.871. The van der Waals surface area contributed by atoms with E-state index in [2.05, 4.69) is 5.32 Å². The highest BCUT2D eigenvalue weighted by molar-refractivity contribution is 5.76. The first-order valence-electron chi connectivity index (χ1n) is 7.36. The van der Waals surface area contributed by atoms with Crippen molar-refractivity contribution >= 4 is 5.91 Å². The minimum absolute atomic E-state index is 0.0490. The monoisotopic (exact) mass is 292 g/mol. The predicted octanol–water partition coefficient (Wildman–Crippen LogP) is 1.98. The van der Waals surface area contributed by atoms with Crippen molar-refractivity contribution in [2.45, 2.75) is 25.3 Å². The lowest BCUT2D eigenvalue weighted by atomic mass is 10.0. The number of methoxy groups -OCH3 is 2. The molecule has 5 nitrogen and oxygen atoms in total. The number of ether oxygens (including phenoxy) is 2. The van der Waals surface area contributed by atoms with Gasteiger partial charge >= 0.3 is 0 Å². The van der Waals surface area contributed by atoms with Gasteiger partial charge in [0.1, 0.15) is 11.5 Å². The minimum Gasteiger partial charge on any atom is -0.497 e. The summed E-state index contributed by atoms with van der Waals surface area (Å²) in [6, 6.07) is 5.83. The summed E-state index contributed by atoms with van der Waals surface area (Å²) in [6.07, 6.45) is 2.75. The molecular formula is C16H24N2O3. The topological polar surface area (TPSA) is 50.8 Å². The maximum Gasteiger partial charge on any atom is 0.222 e. The summed E-state index contributed by atoms with van der Waals surface area (Å²) in [5.74, 6) is 1.78. The number of carbonyl (C=O) groups excluding carboxylic acids is 1. The van der Waals surface area contributed by atoms with Crippen molar-refractivity contribution in [3.05, 3.63) is 23.8 Å². The number of nitrogens with zero attached hydrogens (tertiary/aromatic N) is 1. The molecule has 116 valence electrons. The molecule has 1 aliphatic rings. The fourth-order valence-electron chi connectivity index (χ4n) is 2.73. The molecule has 1 aliphatic heterocycles. The number of carbonyl (C=O) groups is 1. The Hall–Kier alpha value is -1.75. The molecular weight excluding hydrogens is 268 g/mol. The molecule has 1 saturated heterocycles. The van der Waals surface area contributed by atoms with Crippen LogP contribution in [-0.2, 0) is 4.79 Å². The van der Waals surface area contributed by atoms with E-state index in [1.807, 2.05) is 30.1 Å². The maximum absolute atomic E-state index is 12.0. The Kier molecular flexibility index (Phi) is 5.44. The second-order valence-electron chi connectivity index (χ2n) is 5.25. The van der Waals surface area contributed by atoms with E-state index >= 15 is 0 Å². The Balaban J connectivity index is 2.18. The van der Waals surface area contributed by atoms with Crippen LogP contribution >= 0.6 is 0 Å². The van der Waals surface area contributed by atoms with Gasteiger partial charge < -0.3 is 19.7 Å². The average molecular weight is 292 g/mol.